The minimum absolute atomic E-state index is 0.498. The van der Waals surface area contributed by atoms with E-state index in [1.165, 1.54) is 32.3 Å². The van der Waals surface area contributed by atoms with Gasteiger partial charge in [0.15, 0.2) is 11.6 Å². The zero-order chi connectivity index (χ0) is 31.2. The van der Waals surface area contributed by atoms with E-state index in [1.54, 1.807) is 24.8 Å². The number of rotatable bonds is 5. The van der Waals surface area contributed by atoms with Crippen LogP contribution in [0.4, 0.5) is 17.3 Å². The molecular weight excluding hydrogens is 576 g/mol. The second-order valence-electron chi connectivity index (χ2n) is 11.5. The number of pyridine rings is 2. The van der Waals surface area contributed by atoms with Crippen molar-refractivity contribution >= 4 is 60.4 Å². The van der Waals surface area contributed by atoms with Crippen LogP contribution in [0, 0.1) is 0 Å². The lowest BCUT2D eigenvalue weighted by atomic mass is 10.0. The van der Waals surface area contributed by atoms with Crippen LogP contribution in [0.5, 0.6) is 0 Å². The summed E-state index contributed by atoms with van der Waals surface area (Å²) in [5.74, 6) is 1.56. The van der Waals surface area contributed by atoms with Gasteiger partial charge in [-0.3, -0.25) is 14.9 Å². The lowest BCUT2D eigenvalue weighted by Gasteiger charge is -2.25. The van der Waals surface area contributed by atoms with E-state index < -0.39 is 0 Å². The Bertz CT molecular complexity index is 2410. The first-order valence-corrected chi connectivity index (χ1v) is 15.5. The monoisotopic (exact) mass is 602 g/mol. The van der Waals surface area contributed by atoms with Gasteiger partial charge in [0.05, 0.1) is 0 Å². The standard InChI is InChI=1S/C41H26N6/c1-3-11-35-27(7-1)13-15-29-23-33(17-19-37(29)35)47(34-18-20-38-30(24-34)16-14-28-8-2-4-12-36(28)38)41-45-39(31-9-5-21-42-25-31)44-40(46-41)32-10-6-22-43-26-32/h1-26H. The Morgan fingerprint density at radius 1 is 0.383 bits per heavy atom. The van der Waals surface area contributed by atoms with Crippen LogP contribution in [0.15, 0.2) is 158 Å². The predicted octanol–water partition coefficient (Wildman–Crippen LogP) is 10.1. The fourth-order valence-corrected chi connectivity index (χ4v) is 6.37. The molecule has 0 N–H and O–H groups in total. The summed E-state index contributed by atoms with van der Waals surface area (Å²) in [5, 5.41) is 9.52. The number of hydrogen-bond acceptors (Lipinski definition) is 6. The average Bonchev–Trinajstić information content (AvgIpc) is 3.15. The molecule has 0 amide bonds. The predicted molar refractivity (Wildman–Crippen MR) is 191 cm³/mol. The van der Waals surface area contributed by atoms with E-state index in [0.717, 1.165) is 33.3 Å². The first-order valence-electron chi connectivity index (χ1n) is 15.5. The molecule has 9 aromatic rings. The highest BCUT2D eigenvalue weighted by atomic mass is 15.3. The molecule has 0 atom stereocenters. The molecule has 0 saturated heterocycles. The number of hydrogen-bond donors (Lipinski definition) is 0. The number of benzene rings is 6. The van der Waals surface area contributed by atoms with Gasteiger partial charge in [0.2, 0.25) is 5.95 Å². The van der Waals surface area contributed by atoms with E-state index in [9.17, 15) is 0 Å². The van der Waals surface area contributed by atoms with Gasteiger partial charge in [0, 0.05) is 47.3 Å². The first kappa shape index (κ1) is 26.8. The number of fused-ring (bicyclic) bond motifs is 6. The van der Waals surface area contributed by atoms with Crippen molar-refractivity contribution < 1.29 is 0 Å². The van der Waals surface area contributed by atoms with Gasteiger partial charge in [0.1, 0.15) is 0 Å². The lowest BCUT2D eigenvalue weighted by molar-refractivity contribution is 1.02. The number of nitrogens with zero attached hydrogens (tertiary/aromatic N) is 6. The minimum atomic E-state index is 0.498. The molecule has 3 heterocycles. The van der Waals surface area contributed by atoms with Crippen LogP contribution in [0.25, 0.3) is 65.9 Å². The van der Waals surface area contributed by atoms with Gasteiger partial charge in [-0.15, -0.1) is 0 Å². The first-order chi connectivity index (χ1) is 23.3. The van der Waals surface area contributed by atoms with Crippen LogP contribution in [0.2, 0.25) is 0 Å². The molecule has 0 spiro atoms. The highest BCUT2D eigenvalue weighted by Gasteiger charge is 2.21. The van der Waals surface area contributed by atoms with Gasteiger partial charge in [-0.25, -0.2) is 4.98 Å². The van der Waals surface area contributed by atoms with Gasteiger partial charge in [0.25, 0.3) is 0 Å². The maximum Gasteiger partial charge on any atom is 0.238 e. The fourth-order valence-electron chi connectivity index (χ4n) is 6.37. The summed E-state index contributed by atoms with van der Waals surface area (Å²) in [6.07, 6.45) is 7.05. The quantitative estimate of drug-likeness (QED) is 0.183. The number of anilines is 3. The van der Waals surface area contributed by atoms with Crippen LogP contribution in [0.3, 0.4) is 0 Å². The molecule has 220 valence electrons. The van der Waals surface area contributed by atoms with E-state index >= 15 is 0 Å². The van der Waals surface area contributed by atoms with E-state index in [2.05, 4.69) is 124 Å². The Kier molecular flexibility index (Phi) is 6.35. The van der Waals surface area contributed by atoms with Crippen molar-refractivity contribution in [2.75, 3.05) is 4.90 Å². The zero-order valence-corrected chi connectivity index (χ0v) is 25.2. The molecule has 6 aromatic carbocycles. The molecule has 9 rings (SSSR count). The molecule has 0 fully saturated rings. The molecule has 0 aliphatic rings. The fraction of sp³-hybridized carbons (Fsp3) is 0. The summed E-state index contributed by atoms with van der Waals surface area (Å²) in [4.78, 5) is 25.9. The average molecular weight is 603 g/mol. The summed E-state index contributed by atoms with van der Waals surface area (Å²) in [7, 11) is 0. The second kappa shape index (κ2) is 11.1. The molecule has 0 radical (unpaired) electrons. The van der Waals surface area contributed by atoms with Crippen LogP contribution < -0.4 is 4.90 Å². The molecule has 6 nitrogen and oxygen atoms in total. The third-order valence-corrected chi connectivity index (χ3v) is 8.64. The van der Waals surface area contributed by atoms with Crippen molar-refractivity contribution in [2.24, 2.45) is 0 Å². The van der Waals surface area contributed by atoms with E-state index in [4.69, 9.17) is 15.0 Å². The van der Waals surface area contributed by atoms with Crippen LogP contribution in [0.1, 0.15) is 0 Å². The van der Waals surface area contributed by atoms with Crippen molar-refractivity contribution in [1.82, 2.24) is 24.9 Å². The smallest absolute Gasteiger partial charge is 0.238 e. The van der Waals surface area contributed by atoms with Gasteiger partial charge >= 0.3 is 0 Å². The van der Waals surface area contributed by atoms with Gasteiger partial charge in [-0.2, -0.15) is 9.97 Å². The summed E-state index contributed by atoms with van der Waals surface area (Å²) in [5.41, 5.74) is 3.48. The van der Waals surface area contributed by atoms with Gasteiger partial charge < -0.3 is 0 Å². The molecular formula is C41H26N6. The van der Waals surface area contributed by atoms with Crippen molar-refractivity contribution in [3.63, 3.8) is 0 Å². The van der Waals surface area contributed by atoms with E-state index in [-0.39, 0.29) is 0 Å². The molecule has 47 heavy (non-hydrogen) atoms. The molecule has 0 aliphatic carbocycles. The third-order valence-electron chi connectivity index (χ3n) is 8.64. The SMILES string of the molecule is c1cncc(-c2nc(-c3cccnc3)nc(N(c3ccc4c(ccc5ccccc54)c3)c3ccc4c(ccc5ccccc54)c3)n2)c1. The second-order valence-corrected chi connectivity index (χ2v) is 11.5. The largest absolute Gasteiger partial charge is 0.279 e. The van der Waals surface area contributed by atoms with Crippen molar-refractivity contribution in [3.8, 4) is 22.8 Å². The van der Waals surface area contributed by atoms with Gasteiger partial charge in [-0.05, 0) is 91.6 Å². The van der Waals surface area contributed by atoms with Crippen LogP contribution in [-0.2, 0) is 0 Å². The highest BCUT2D eigenvalue weighted by molar-refractivity contribution is 6.10. The van der Waals surface area contributed by atoms with Crippen molar-refractivity contribution in [1.29, 1.82) is 0 Å². The Morgan fingerprint density at radius 3 is 1.34 bits per heavy atom. The van der Waals surface area contributed by atoms with Crippen LogP contribution >= 0.6 is 0 Å². The molecule has 0 saturated carbocycles. The highest BCUT2D eigenvalue weighted by Crippen LogP contribution is 2.39. The summed E-state index contributed by atoms with van der Waals surface area (Å²) in [6.45, 7) is 0. The third kappa shape index (κ3) is 4.80. The Hall–Kier alpha value is -6.53. The van der Waals surface area contributed by atoms with E-state index in [0.29, 0.717) is 17.6 Å². The molecule has 6 heteroatoms. The molecule has 0 bridgehead atoms. The molecule has 3 aromatic heterocycles. The summed E-state index contributed by atoms with van der Waals surface area (Å²) in [6, 6.07) is 46.5. The summed E-state index contributed by atoms with van der Waals surface area (Å²) >= 11 is 0. The molecule has 0 aliphatic heterocycles. The number of aromatic nitrogens is 5. The molecule has 0 unspecified atom stereocenters. The normalized spacial score (nSPS) is 11.4. The van der Waals surface area contributed by atoms with Crippen molar-refractivity contribution in [3.05, 3.63) is 158 Å². The Labute approximate surface area is 270 Å². The van der Waals surface area contributed by atoms with Crippen LogP contribution in [-0.4, -0.2) is 24.9 Å². The Morgan fingerprint density at radius 2 is 0.851 bits per heavy atom. The minimum Gasteiger partial charge on any atom is -0.279 e. The maximum absolute atomic E-state index is 5.09. The Balaban J connectivity index is 1.30. The van der Waals surface area contributed by atoms with E-state index in [1.807, 2.05) is 24.3 Å². The zero-order valence-electron chi connectivity index (χ0n) is 25.2. The van der Waals surface area contributed by atoms with Gasteiger partial charge in [-0.1, -0.05) is 84.9 Å². The lowest BCUT2D eigenvalue weighted by Crippen LogP contribution is -2.15. The summed E-state index contributed by atoms with van der Waals surface area (Å²) < 4.78 is 0. The topological polar surface area (TPSA) is 67.7 Å². The maximum atomic E-state index is 5.09. The van der Waals surface area contributed by atoms with Crippen molar-refractivity contribution in [2.45, 2.75) is 0 Å².